The molecule has 1 aromatic carbocycles. The first-order valence-corrected chi connectivity index (χ1v) is 4.87. The predicted octanol–water partition coefficient (Wildman–Crippen LogP) is 2.53. The number of hydrogen-bond acceptors (Lipinski definition) is 3. The van der Waals surface area contributed by atoms with Crippen LogP contribution in [0.5, 0.6) is 17.2 Å². The van der Waals surface area contributed by atoms with Crippen molar-refractivity contribution >= 4 is 0 Å². The number of phenolic OH excluding ortho intramolecular Hbond substituents is 1. The average molecular weight is 208 g/mol. The minimum atomic E-state index is 0.208. The third kappa shape index (κ3) is 2.43. The summed E-state index contributed by atoms with van der Waals surface area (Å²) >= 11 is 0. The van der Waals surface area contributed by atoms with E-state index in [2.05, 4.69) is 6.58 Å². The molecule has 0 fully saturated rings. The number of benzene rings is 1. The summed E-state index contributed by atoms with van der Waals surface area (Å²) in [4.78, 5) is 0. The number of hydrogen-bond donors (Lipinski definition) is 1. The lowest BCUT2D eigenvalue weighted by atomic mass is 10.1. The normalized spacial score (nSPS) is 9.73. The largest absolute Gasteiger partial charge is 0.508 e. The van der Waals surface area contributed by atoms with Crippen molar-refractivity contribution in [3.05, 3.63) is 30.4 Å². The van der Waals surface area contributed by atoms with E-state index in [0.717, 1.165) is 0 Å². The standard InChI is InChI=1S/C12H16O3/c1-4-6-9-10(13)7-8-11(14-3)12(9)15-5-2/h4,7-8,13H,1,5-6H2,2-3H3. The van der Waals surface area contributed by atoms with Crippen molar-refractivity contribution < 1.29 is 14.6 Å². The number of allylic oxidation sites excluding steroid dienone is 1. The van der Waals surface area contributed by atoms with Gasteiger partial charge in [-0.15, -0.1) is 6.58 Å². The summed E-state index contributed by atoms with van der Waals surface area (Å²) in [5, 5.41) is 9.69. The molecule has 0 amide bonds. The number of ether oxygens (including phenoxy) is 2. The van der Waals surface area contributed by atoms with E-state index in [9.17, 15) is 5.11 Å². The highest BCUT2D eigenvalue weighted by molar-refractivity contribution is 5.54. The number of rotatable bonds is 5. The monoisotopic (exact) mass is 208 g/mol. The molecule has 1 N–H and O–H groups in total. The Labute approximate surface area is 90.0 Å². The molecule has 82 valence electrons. The Bertz CT molecular complexity index is 345. The van der Waals surface area contributed by atoms with Gasteiger partial charge in [-0.2, -0.15) is 0 Å². The second kappa shape index (κ2) is 5.29. The van der Waals surface area contributed by atoms with Gasteiger partial charge in [-0.3, -0.25) is 0 Å². The fourth-order valence-corrected chi connectivity index (χ4v) is 1.40. The molecule has 15 heavy (non-hydrogen) atoms. The van der Waals surface area contributed by atoms with Crippen LogP contribution >= 0.6 is 0 Å². The lowest BCUT2D eigenvalue weighted by molar-refractivity contribution is 0.305. The fraction of sp³-hybridized carbons (Fsp3) is 0.333. The van der Waals surface area contributed by atoms with Crippen LogP contribution in [-0.4, -0.2) is 18.8 Å². The molecule has 0 saturated carbocycles. The highest BCUT2D eigenvalue weighted by Gasteiger charge is 2.13. The van der Waals surface area contributed by atoms with Crippen LogP contribution in [0.1, 0.15) is 12.5 Å². The lowest BCUT2D eigenvalue weighted by Crippen LogP contribution is -1.99. The van der Waals surface area contributed by atoms with E-state index < -0.39 is 0 Å². The summed E-state index contributed by atoms with van der Waals surface area (Å²) in [5.41, 5.74) is 0.714. The first kappa shape index (κ1) is 11.4. The van der Waals surface area contributed by atoms with E-state index >= 15 is 0 Å². The first-order chi connectivity index (χ1) is 7.24. The van der Waals surface area contributed by atoms with Crippen molar-refractivity contribution in [1.82, 2.24) is 0 Å². The number of aromatic hydroxyl groups is 1. The Balaban J connectivity index is 3.22. The van der Waals surface area contributed by atoms with Crippen LogP contribution in [0, 0.1) is 0 Å². The van der Waals surface area contributed by atoms with Crippen LogP contribution < -0.4 is 9.47 Å². The van der Waals surface area contributed by atoms with Crippen LogP contribution in [0.15, 0.2) is 24.8 Å². The lowest BCUT2D eigenvalue weighted by Gasteiger charge is -2.14. The fourth-order valence-electron chi connectivity index (χ4n) is 1.40. The molecule has 0 aliphatic rings. The summed E-state index contributed by atoms with van der Waals surface area (Å²) in [6.07, 6.45) is 2.27. The molecule has 0 atom stereocenters. The maximum absolute atomic E-state index is 9.69. The van der Waals surface area contributed by atoms with E-state index in [-0.39, 0.29) is 5.75 Å². The summed E-state index contributed by atoms with van der Waals surface area (Å²) in [6.45, 7) is 6.07. The van der Waals surface area contributed by atoms with E-state index in [1.54, 1.807) is 25.3 Å². The van der Waals surface area contributed by atoms with Crippen LogP contribution in [0.4, 0.5) is 0 Å². The van der Waals surface area contributed by atoms with Gasteiger partial charge >= 0.3 is 0 Å². The van der Waals surface area contributed by atoms with E-state index in [4.69, 9.17) is 9.47 Å². The van der Waals surface area contributed by atoms with Crippen molar-refractivity contribution in [2.45, 2.75) is 13.3 Å². The Morgan fingerprint density at radius 1 is 1.47 bits per heavy atom. The molecule has 1 rings (SSSR count). The highest BCUT2D eigenvalue weighted by Crippen LogP contribution is 2.37. The van der Waals surface area contributed by atoms with Gasteiger partial charge in [0.25, 0.3) is 0 Å². The first-order valence-electron chi connectivity index (χ1n) is 4.87. The average Bonchev–Trinajstić information content (AvgIpc) is 2.24. The topological polar surface area (TPSA) is 38.7 Å². The van der Waals surface area contributed by atoms with Gasteiger partial charge in [0.1, 0.15) is 5.75 Å². The third-order valence-electron chi connectivity index (χ3n) is 2.06. The zero-order valence-corrected chi connectivity index (χ0v) is 9.12. The Morgan fingerprint density at radius 2 is 2.20 bits per heavy atom. The van der Waals surface area contributed by atoms with Crippen molar-refractivity contribution in [2.24, 2.45) is 0 Å². The minimum Gasteiger partial charge on any atom is -0.508 e. The summed E-state index contributed by atoms with van der Waals surface area (Å²) < 4.78 is 10.6. The van der Waals surface area contributed by atoms with Crippen LogP contribution in [0.2, 0.25) is 0 Å². The molecule has 3 heteroatoms. The second-order valence-corrected chi connectivity index (χ2v) is 3.02. The number of methoxy groups -OCH3 is 1. The molecule has 0 unspecified atom stereocenters. The maximum Gasteiger partial charge on any atom is 0.168 e. The zero-order valence-electron chi connectivity index (χ0n) is 9.12. The van der Waals surface area contributed by atoms with Gasteiger partial charge in [0, 0.05) is 5.56 Å². The highest BCUT2D eigenvalue weighted by atomic mass is 16.5. The molecular formula is C12H16O3. The van der Waals surface area contributed by atoms with Gasteiger partial charge in [-0.05, 0) is 25.5 Å². The SMILES string of the molecule is C=CCc1c(O)ccc(OC)c1OCC. The van der Waals surface area contributed by atoms with Crippen molar-refractivity contribution in [2.75, 3.05) is 13.7 Å². The molecule has 3 nitrogen and oxygen atoms in total. The molecule has 0 bridgehead atoms. The van der Waals surface area contributed by atoms with Crippen LogP contribution in [-0.2, 0) is 6.42 Å². The van der Waals surface area contributed by atoms with Gasteiger partial charge in [0.15, 0.2) is 11.5 Å². The van der Waals surface area contributed by atoms with Crippen molar-refractivity contribution in [3.8, 4) is 17.2 Å². The van der Waals surface area contributed by atoms with Gasteiger partial charge in [0.05, 0.1) is 13.7 Å². The van der Waals surface area contributed by atoms with Crippen molar-refractivity contribution in [1.29, 1.82) is 0 Å². The van der Waals surface area contributed by atoms with Crippen LogP contribution in [0.3, 0.4) is 0 Å². The van der Waals surface area contributed by atoms with Gasteiger partial charge in [0.2, 0.25) is 0 Å². The number of phenols is 1. The molecule has 0 radical (unpaired) electrons. The molecule has 0 aliphatic carbocycles. The van der Waals surface area contributed by atoms with Crippen LogP contribution in [0.25, 0.3) is 0 Å². The summed E-state index contributed by atoms with van der Waals surface area (Å²) in [7, 11) is 1.58. The molecule has 1 aromatic rings. The second-order valence-electron chi connectivity index (χ2n) is 3.02. The quantitative estimate of drug-likeness (QED) is 0.756. The molecule has 0 spiro atoms. The summed E-state index contributed by atoms with van der Waals surface area (Å²) in [5.74, 6) is 1.44. The Morgan fingerprint density at radius 3 is 2.73 bits per heavy atom. The van der Waals surface area contributed by atoms with Gasteiger partial charge in [-0.1, -0.05) is 6.08 Å². The molecule has 0 heterocycles. The Hall–Kier alpha value is -1.64. The minimum absolute atomic E-state index is 0.208. The predicted molar refractivity (Wildman–Crippen MR) is 59.7 cm³/mol. The molecule has 0 saturated heterocycles. The Kier molecular flexibility index (Phi) is 4.03. The van der Waals surface area contributed by atoms with E-state index in [0.29, 0.717) is 30.1 Å². The maximum atomic E-state index is 9.69. The van der Waals surface area contributed by atoms with Crippen molar-refractivity contribution in [3.63, 3.8) is 0 Å². The molecule has 0 aliphatic heterocycles. The van der Waals surface area contributed by atoms with E-state index in [1.807, 2.05) is 6.92 Å². The summed E-state index contributed by atoms with van der Waals surface area (Å²) in [6, 6.07) is 3.28. The smallest absolute Gasteiger partial charge is 0.168 e. The molecule has 0 aromatic heterocycles. The zero-order chi connectivity index (χ0) is 11.3. The third-order valence-corrected chi connectivity index (χ3v) is 2.06. The molecular weight excluding hydrogens is 192 g/mol. The van der Waals surface area contributed by atoms with E-state index in [1.165, 1.54) is 0 Å². The van der Waals surface area contributed by atoms with Gasteiger partial charge in [-0.25, -0.2) is 0 Å². The van der Waals surface area contributed by atoms with Gasteiger partial charge < -0.3 is 14.6 Å².